The van der Waals surface area contributed by atoms with Crippen LogP contribution in [-0.4, -0.2) is 56.8 Å². The van der Waals surface area contributed by atoms with E-state index in [2.05, 4.69) is 18.1 Å². The predicted octanol–water partition coefficient (Wildman–Crippen LogP) is 5.99. The van der Waals surface area contributed by atoms with Gasteiger partial charge < -0.3 is 4.74 Å². The van der Waals surface area contributed by atoms with Crippen molar-refractivity contribution in [2.45, 2.75) is 65.2 Å². The predicted molar refractivity (Wildman–Crippen MR) is 133 cm³/mol. The van der Waals surface area contributed by atoms with Crippen LogP contribution in [0.1, 0.15) is 55.4 Å². The Morgan fingerprint density at radius 2 is 1.92 bits per heavy atom. The number of ether oxygens (including phenoxy) is 1. The molecule has 4 rings (SSSR count). The molecule has 1 aliphatic rings. The molecule has 1 aromatic carbocycles. The van der Waals surface area contributed by atoms with Crippen LogP contribution in [0.2, 0.25) is 0 Å². The third kappa shape index (κ3) is 5.77. The molecule has 0 saturated carbocycles. The third-order valence-corrected chi connectivity index (χ3v) is 6.95. The molecule has 6 nitrogen and oxygen atoms in total. The highest BCUT2D eigenvalue weighted by molar-refractivity contribution is 5.94. The first kappa shape index (κ1) is 26.3. The van der Waals surface area contributed by atoms with Crippen LogP contribution >= 0.6 is 0 Å². The molecule has 196 valence electrons. The summed E-state index contributed by atoms with van der Waals surface area (Å²) in [5, 5.41) is 5.27. The molecule has 0 N–H and O–H groups in total. The number of aryl methyl sites for hydroxylation is 3. The van der Waals surface area contributed by atoms with Gasteiger partial charge >= 0.3 is 12.3 Å². The highest BCUT2D eigenvalue weighted by atomic mass is 19.4. The van der Waals surface area contributed by atoms with Gasteiger partial charge in [0.2, 0.25) is 0 Å². The lowest BCUT2D eigenvalue weighted by molar-refractivity contribution is -0.149. The zero-order valence-corrected chi connectivity index (χ0v) is 21.8. The van der Waals surface area contributed by atoms with Gasteiger partial charge in [0.15, 0.2) is 0 Å². The van der Waals surface area contributed by atoms with E-state index in [4.69, 9.17) is 4.74 Å². The molecule has 1 fully saturated rings. The summed E-state index contributed by atoms with van der Waals surface area (Å²) in [7, 11) is 1.82. The lowest BCUT2D eigenvalue weighted by Crippen LogP contribution is -2.44. The van der Waals surface area contributed by atoms with Gasteiger partial charge in [0.1, 0.15) is 5.60 Å². The Morgan fingerprint density at radius 1 is 1.19 bits per heavy atom. The van der Waals surface area contributed by atoms with Gasteiger partial charge in [0.05, 0.1) is 18.3 Å². The van der Waals surface area contributed by atoms with Crippen molar-refractivity contribution in [2.75, 3.05) is 19.6 Å². The number of hydrogen-bond acceptors (Lipinski definition) is 4. The number of fused-ring (bicyclic) bond motifs is 1. The second-order valence-electron chi connectivity index (χ2n) is 11.1. The average Bonchev–Trinajstić information content (AvgIpc) is 3.36. The average molecular weight is 505 g/mol. The quantitative estimate of drug-likeness (QED) is 0.438. The molecule has 0 bridgehead atoms. The zero-order valence-electron chi connectivity index (χ0n) is 21.8. The van der Waals surface area contributed by atoms with Crippen molar-refractivity contribution < 1.29 is 22.7 Å². The Kier molecular flexibility index (Phi) is 6.98. The maximum atomic E-state index is 13.2. The smallest absolute Gasteiger partial charge is 0.418 e. The largest absolute Gasteiger partial charge is 0.443 e. The summed E-state index contributed by atoms with van der Waals surface area (Å²) in [4.78, 5) is 14.4. The lowest BCUT2D eigenvalue weighted by Gasteiger charge is -2.39. The fourth-order valence-electron chi connectivity index (χ4n) is 5.49. The van der Waals surface area contributed by atoms with Crippen molar-refractivity contribution in [3.8, 4) is 0 Å². The van der Waals surface area contributed by atoms with Gasteiger partial charge in [0.25, 0.3) is 0 Å². The minimum atomic E-state index is -4.23. The molecule has 0 aliphatic carbocycles. The molecule has 1 aliphatic heterocycles. The first-order valence-electron chi connectivity index (χ1n) is 12.3. The second kappa shape index (κ2) is 9.57. The first-order valence-corrected chi connectivity index (χ1v) is 12.3. The van der Waals surface area contributed by atoms with Crippen molar-refractivity contribution in [1.82, 2.24) is 19.2 Å². The Bertz CT molecular complexity index is 1250. The van der Waals surface area contributed by atoms with E-state index in [1.165, 1.54) is 4.90 Å². The van der Waals surface area contributed by atoms with Crippen molar-refractivity contribution in [2.24, 2.45) is 13.0 Å². The van der Waals surface area contributed by atoms with E-state index in [1.54, 1.807) is 21.6 Å². The topological polar surface area (TPSA) is 52.3 Å². The number of halogens is 3. The van der Waals surface area contributed by atoms with Gasteiger partial charge in [-0.3, -0.25) is 14.1 Å². The van der Waals surface area contributed by atoms with Crippen LogP contribution in [0.4, 0.5) is 18.0 Å². The lowest BCUT2D eigenvalue weighted by atomic mass is 9.77. The molecule has 2 aromatic heterocycles. The van der Waals surface area contributed by atoms with Gasteiger partial charge in [-0.2, -0.15) is 18.3 Å². The number of carbonyl (C=O) groups is 1. The standard InChI is InChI=1S/C27H35F3N4O2/c1-17-11-18(2)24-21(8-10-34(24)25(35)36-26(3,4)5)22(17)12-19-7-9-33(16-27(28,29)30)15-23(19)20-13-31-32(6)14-20/h8,10-11,13-14,19,23H,7,9,12,15-16H2,1-6H3/t19-,23+/m0/s1. The van der Waals surface area contributed by atoms with Gasteiger partial charge in [-0.25, -0.2) is 4.79 Å². The summed E-state index contributed by atoms with van der Waals surface area (Å²) >= 11 is 0. The summed E-state index contributed by atoms with van der Waals surface area (Å²) < 4.78 is 48.3. The van der Waals surface area contributed by atoms with E-state index in [0.29, 0.717) is 25.9 Å². The number of rotatable bonds is 4. The molecule has 0 amide bonds. The van der Waals surface area contributed by atoms with Crippen LogP contribution in [0, 0.1) is 19.8 Å². The molecule has 9 heteroatoms. The Labute approximate surface area is 210 Å². The number of aromatic nitrogens is 3. The van der Waals surface area contributed by atoms with Gasteiger partial charge in [-0.1, -0.05) is 6.07 Å². The van der Waals surface area contributed by atoms with Crippen molar-refractivity contribution >= 4 is 17.0 Å². The summed E-state index contributed by atoms with van der Waals surface area (Å²) in [5.74, 6) is 0.0756. The number of benzene rings is 1. The van der Waals surface area contributed by atoms with E-state index < -0.39 is 24.4 Å². The minimum absolute atomic E-state index is 0.0708. The van der Waals surface area contributed by atoms with Crippen LogP contribution in [0.15, 0.2) is 30.7 Å². The summed E-state index contributed by atoms with van der Waals surface area (Å²) in [6, 6.07) is 4.03. The second-order valence-corrected chi connectivity index (χ2v) is 11.1. The molecular weight excluding hydrogens is 469 g/mol. The monoisotopic (exact) mass is 504 g/mol. The molecule has 0 unspecified atom stereocenters. The maximum Gasteiger partial charge on any atom is 0.418 e. The Morgan fingerprint density at radius 3 is 2.53 bits per heavy atom. The third-order valence-electron chi connectivity index (χ3n) is 6.95. The number of hydrogen-bond donors (Lipinski definition) is 0. The van der Waals surface area contributed by atoms with Crippen LogP contribution < -0.4 is 0 Å². The fourth-order valence-corrected chi connectivity index (χ4v) is 5.49. The normalized spacial score (nSPS) is 19.7. The van der Waals surface area contributed by atoms with Crippen molar-refractivity contribution in [1.29, 1.82) is 0 Å². The highest BCUT2D eigenvalue weighted by Gasteiger charge is 2.37. The number of piperidine rings is 1. The summed E-state index contributed by atoms with van der Waals surface area (Å²) in [6.45, 7) is 9.38. The molecular formula is C27H35F3N4O2. The van der Waals surface area contributed by atoms with E-state index in [9.17, 15) is 18.0 Å². The van der Waals surface area contributed by atoms with Crippen LogP contribution in [0.3, 0.4) is 0 Å². The van der Waals surface area contributed by atoms with E-state index >= 15 is 0 Å². The number of likely N-dealkylation sites (tertiary alicyclic amines) is 1. The van der Waals surface area contributed by atoms with E-state index in [0.717, 1.165) is 33.2 Å². The summed E-state index contributed by atoms with van der Waals surface area (Å²) in [5.41, 5.74) is 4.38. The summed E-state index contributed by atoms with van der Waals surface area (Å²) in [6.07, 6.45) is 2.13. The van der Waals surface area contributed by atoms with Crippen LogP contribution in [0.5, 0.6) is 0 Å². The number of carbonyl (C=O) groups excluding carboxylic acids is 1. The van der Waals surface area contributed by atoms with E-state index in [1.807, 2.05) is 47.0 Å². The van der Waals surface area contributed by atoms with Gasteiger partial charge in [-0.05, 0) is 88.2 Å². The van der Waals surface area contributed by atoms with Gasteiger partial charge in [0, 0.05) is 37.3 Å². The Hall–Kier alpha value is -2.81. The van der Waals surface area contributed by atoms with Crippen LogP contribution in [-0.2, 0) is 18.2 Å². The molecule has 3 heterocycles. The van der Waals surface area contributed by atoms with Crippen molar-refractivity contribution in [3.63, 3.8) is 0 Å². The van der Waals surface area contributed by atoms with E-state index in [-0.39, 0.29) is 11.8 Å². The fraction of sp³-hybridized carbons (Fsp3) is 0.556. The molecule has 3 aromatic rings. The molecule has 0 radical (unpaired) electrons. The van der Waals surface area contributed by atoms with Crippen LogP contribution in [0.25, 0.3) is 10.9 Å². The van der Waals surface area contributed by atoms with Crippen molar-refractivity contribution in [3.05, 3.63) is 53.0 Å². The molecule has 1 saturated heterocycles. The number of alkyl halides is 3. The first-order chi connectivity index (χ1) is 16.7. The number of nitrogens with zero attached hydrogens (tertiary/aromatic N) is 4. The maximum absolute atomic E-state index is 13.2. The molecule has 0 spiro atoms. The highest BCUT2D eigenvalue weighted by Crippen LogP contribution is 2.38. The zero-order chi connectivity index (χ0) is 26.4. The van der Waals surface area contributed by atoms with Gasteiger partial charge in [-0.15, -0.1) is 0 Å². The SMILES string of the molecule is Cc1cc(C)c2c(ccn2C(=O)OC(C)(C)C)c1C[C@@H]1CCN(CC(F)(F)F)C[C@H]1c1cnn(C)c1. The molecule has 36 heavy (non-hydrogen) atoms. The molecule has 2 atom stereocenters. The minimum Gasteiger partial charge on any atom is -0.443 e. The Balaban J connectivity index is 1.68.